The summed E-state index contributed by atoms with van der Waals surface area (Å²) in [7, 11) is -4.28. The van der Waals surface area contributed by atoms with E-state index in [1.165, 1.54) is 17.7 Å². The number of carbonyl (C=O) groups excluding carboxylic acids is 1. The number of esters is 1. The molecule has 0 aliphatic carbocycles. The molecule has 30 heavy (non-hydrogen) atoms. The first kappa shape index (κ1) is 21.8. The lowest BCUT2D eigenvalue weighted by Crippen LogP contribution is -2.20. The molecule has 3 rings (SSSR count). The molecule has 6 nitrogen and oxygen atoms in total. The van der Waals surface area contributed by atoms with Gasteiger partial charge >= 0.3 is 5.97 Å². The Bertz CT molecular complexity index is 1170. The first-order valence-electron chi connectivity index (χ1n) is 9.65. The van der Waals surface area contributed by atoms with Crippen molar-refractivity contribution in [1.82, 2.24) is 0 Å². The maximum atomic E-state index is 12.2. The van der Waals surface area contributed by atoms with Gasteiger partial charge in [0.1, 0.15) is 12.3 Å². The zero-order valence-corrected chi connectivity index (χ0v) is 18.0. The Morgan fingerprint density at radius 3 is 2.40 bits per heavy atom. The molecule has 2 N–H and O–H groups in total. The van der Waals surface area contributed by atoms with Crippen LogP contribution in [-0.4, -0.2) is 25.5 Å². The molecule has 3 aromatic carbocycles. The van der Waals surface area contributed by atoms with Crippen molar-refractivity contribution in [3.63, 3.8) is 0 Å². The van der Waals surface area contributed by atoms with E-state index in [2.05, 4.69) is 26.1 Å². The highest BCUT2D eigenvalue weighted by molar-refractivity contribution is 7.85. The third kappa shape index (κ3) is 4.98. The molecule has 0 saturated heterocycles. The number of nitrogens with one attached hydrogen (secondary N) is 1. The van der Waals surface area contributed by atoms with Gasteiger partial charge in [-0.25, -0.2) is 4.79 Å². The number of benzene rings is 3. The summed E-state index contributed by atoms with van der Waals surface area (Å²) in [6, 6.07) is 17.1. The summed E-state index contributed by atoms with van der Waals surface area (Å²) < 4.78 is 37.2. The van der Waals surface area contributed by atoms with Crippen molar-refractivity contribution in [2.75, 3.05) is 11.9 Å². The number of fused-ring (bicyclic) bond motifs is 1. The van der Waals surface area contributed by atoms with Gasteiger partial charge in [0.25, 0.3) is 10.1 Å². The minimum atomic E-state index is -4.28. The smallest absolute Gasteiger partial charge is 0.330 e. The normalized spacial score (nSPS) is 12.0. The highest BCUT2D eigenvalue weighted by atomic mass is 32.2. The second kappa shape index (κ2) is 8.45. The molecule has 0 aliphatic heterocycles. The van der Waals surface area contributed by atoms with Crippen molar-refractivity contribution in [1.29, 1.82) is 0 Å². The molecule has 0 amide bonds. The van der Waals surface area contributed by atoms with Gasteiger partial charge in [-0.1, -0.05) is 51.1 Å². The Morgan fingerprint density at radius 2 is 1.77 bits per heavy atom. The van der Waals surface area contributed by atoms with Gasteiger partial charge in [0, 0.05) is 11.1 Å². The lowest BCUT2D eigenvalue weighted by molar-refractivity contribution is -0.132. The summed E-state index contributed by atoms with van der Waals surface area (Å²) in [5.41, 5.74) is 1.91. The van der Waals surface area contributed by atoms with Crippen LogP contribution in [0.5, 0.6) is 5.75 Å². The van der Waals surface area contributed by atoms with E-state index >= 15 is 0 Å². The standard InChI is InChI=1S/C23H25NO5S/c1-4-23(2,3)17-8-10-18(11-9-17)29-22(25)15-24-21-7-5-6-16-14-19(30(26,27)28)12-13-20(16)21/h5-14,24H,4,15H2,1-3H3,(H,26,27,28). The zero-order valence-electron chi connectivity index (χ0n) is 17.2. The van der Waals surface area contributed by atoms with Crippen LogP contribution >= 0.6 is 0 Å². The Labute approximate surface area is 176 Å². The first-order chi connectivity index (χ1) is 14.1. The third-order valence-corrected chi connectivity index (χ3v) is 6.17. The van der Waals surface area contributed by atoms with E-state index in [0.29, 0.717) is 16.8 Å². The number of anilines is 1. The molecule has 0 aromatic heterocycles. The van der Waals surface area contributed by atoms with Crippen LogP contribution in [0.3, 0.4) is 0 Å². The predicted octanol–water partition coefficient (Wildman–Crippen LogP) is 4.79. The number of ether oxygens (including phenoxy) is 1. The second-order valence-electron chi connectivity index (χ2n) is 7.75. The van der Waals surface area contributed by atoms with Crippen molar-refractivity contribution < 1.29 is 22.5 Å². The van der Waals surface area contributed by atoms with E-state index in [9.17, 15) is 17.8 Å². The number of hydrogen-bond acceptors (Lipinski definition) is 5. The highest BCUT2D eigenvalue weighted by Gasteiger charge is 2.18. The van der Waals surface area contributed by atoms with Crippen LogP contribution in [0.25, 0.3) is 10.8 Å². The van der Waals surface area contributed by atoms with Crippen LogP contribution in [0.4, 0.5) is 5.69 Å². The number of hydrogen-bond donors (Lipinski definition) is 2. The van der Waals surface area contributed by atoms with Crippen LogP contribution in [0.15, 0.2) is 65.6 Å². The molecule has 0 heterocycles. The average Bonchev–Trinajstić information content (AvgIpc) is 2.71. The summed E-state index contributed by atoms with van der Waals surface area (Å²) >= 11 is 0. The lowest BCUT2D eigenvalue weighted by Gasteiger charge is -2.23. The Morgan fingerprint density at radius 1 is 1.07 bits per heavy atom. The minimum absolute atomic E-state index is 0.0542. The van der Waals surface area contributed by atoms with Crippen molar-refractivity contribution in [2.45, 2.75) is 37.5 Å². The summed E-state index contributed by atoms with van der Waals surface area (Å²) in [5, 5.41) is 4.37. The van der Waals surface area contributed by atoms with Gasteiger partial charge in [0.05, 0.1) is 4.90 Å². The first-order valence-corrected chi connectivity index (χ1v) is 11.1. The van der Waals surface area contributed by atoms with E-state index in [-0.39, 0.29) is 16.9 Å². The summed E-state index contributed by atoms with van der Waals surface area (Å²) in [5.74, 6) is 0.0391. The van der Waals surface area contributed by atoms with Gasteiger partial charge in [0.2, 0.25) is 0 Å². The fourth-order valence-corrected chi connectivity index (χ4v) is 3.61. The van der Waals surface area contributed by atoms with E-state index in [0.717, 1.165) is 11.8 Å². The van der Waals surface area contributed by atoms with Crippen LogP contribution in [-0.2, 0) is 20.3 Å². The summed E-state index contributed by atoms with van der Waals surface area (Å²) in [4.78, 5) is 12.1. The van der Waals surface area contributed by atoms with E-state index in [1.807, 2.05) is 12.1 Å². The number of rotatable bonds is 7. The second-order valence-corrected chi connectivity index (χ2v) is 9.17. The van der Waals surface area contributed by atoms with Crippen LogP contribution in [0.1, 0.15) is 32.8 Å². The van der Waals surface area contributed by atoms with E-state index in [1.54, 1.807) is 36.4 Å². The van der Waals surface area contributed by atoms with Crippen molar-refractivity contribution in [2.24, 2.45) is 0 Å². The molecule has 158 valence electrons. The molecule has 0 saturated carbocycles. The highest BCUT2D eigenvalue weighted by Crippen LogP contribution is 2.28. The molecule has 3 aromatic rings. The molecular weight excluding hydrogens is 402 g/mol. The van der Waals surface area contributed by atoms with Crippen molar-refractivity contribution in [3.05, 3.63) is 66.2 Å². The quantitative estimate of drug-likeness (QED) is 0.320. The van der Waals surface area contributed by atoms with Gasteiger partial charge in [0.15, 0.2) is 0 Å². The minimum Gasteiger partial charge on any atom is -0.425 e. The molecular formula is C23H25NO5S. The van der Waals surface area contributed by atoms with Gasteiger partial charge in [-0.3, -0.25) is 4.55 Å². The molecule has 7 heteroatoms. The molecule has 0 unspecified atom stereocenters. The Hall–Kier alpha value is -2.90. The Kier molecular flexibility index (Phi) is 6.14. The van der Waals surface area contributed by atoms with Gasteiger partial charge < -0.3 is 10.1 Å². The van der Waals surface area contributed by atoms with Crippen LogP contribution < -0.4 is 10.1 Å². The average molecular weight is 428 g/mol. The molecule has 0 radical (unpaired) electrons. The number of carbonyl (C=O) groups is 1. The molecule has 0 spiro atoms. The zero-order chi connectivity index (χ0) is 21.9. The fraction of sp³-hybridized carbons (Fsp3) is 0.261. The lowest BCUT2D eigenvalue weighted by atomic mass is 9.82. The molecule has 0 fully saturated rings. The molecule has 0 atom stereocenters. The third-order valence-electron chi connectivity index (χ3n) is 5.32. The maximum Gasteiger partial charge on any atom is 0.330 e. The van der Waals surface area contributed by atoms with Gasteiger partial charge in [-0.05, 0) is 53.1 Å². The van der Waals surface area contributed by atoms with Gasteiger partial charge in [-0.2, -0.15) is 8.42 Å². The van der Waals surface area contributed by atoms with E-state index < -0.39 is 16.1 Å². The van der Waals surface area contributed by atoms with Crippen molar-refractivity contribution in [3.8, 4) is 5.75 Å². The summed E-state index contributed by atoms with van der Waals surface area (Å²) in [6.07, 6.45) is 1.01. The molecule has 0 aliphatic rings. The van der Waals surface area contributed by atoms with Crippen LogP contribution in [0, 0.1) is 0 Å². The summed E-state index contributed by atoms with van der Waals surface area (Å²) in [6.45, 7) is 6.42. The monoisotopic (exact) mass is 427 g/mol. The van der Waals surface area contributed by atoms with Crippen molar-refractivity contribution >= 4 is 32.5 Å². The largest absolute Gasteiger partial charge is 0.425 e. The van der Waals surface area contributed by atoms with E-state index in [4.69, 9.17) is 4.74 Å². The maximum absolute atomic E-state index is 12.2. The Balaban J connectivity index is 1.68. The predicted molar refractivity (Wildman–Crippen MR) is 118 cm³/mol. The van der Waals surface area contributed by atoms with Crippen LogP contribution in [0.2, 0.25) is 0 Å². The molecule has 0 bridgehead atoms. The topological polar surface area (TPSA) is 92.7 Å². The fourth-order valence-electron chi connectivity index (χ4n) is 3.09. The SMILES string of the molecule is CCC(C)(C)c1ccc(OC(=O)CNc2cccc3cc(S(=O)(=O)O)ccc23)cc1. The van der Waals surface area contributed by atoms with Gasteiger partial charge in [-0.15, -0.1) is 0 Å².